The Morgan fingerprint density at radius 3 is 2.50 bits per heavy atom. The first-order valence-corrected chi connectivity index (χ1v) is 4.95. The summed E-state index contributed by atoms with van der Waals surface area (Å²) in [7, 11) is 2.92. The molecule has 7 nitrogen and oxygen atoms in total. The third-order valence-corrected chi connectivity index (χ3v) is 2.25. The van der Waals surface area contributed by atoms with Crippen molar-refractivity contribution < 1.29 is 23.8 Å². The van der Waals surface area contributed by atoms with E-state index in [1.165, 1.54) is 14.1 Å². The molecule has 0 aliphatic carbocycles. The van der Waals surface area contributed by atoms with E-state index in [-0.39, 0.29) is 13.2 Å². The van der Waals surface area contributed by atoms with E-state index in [0.29, 0.717) is 13.0 Å². The molecule has 1 fully saturated rings. The van der Waals surface area contributed by atoms with Gasteiger partial charge in [-0.05, 0) is 0 Å². The zero-order valence-corrected chi connectivity index (χ0v) is 9.37. The average Bonchev–Trinajstić information content (AvgIpc) is 2.74. The van der Waals surface area contributed by atoms with Crippen molar-refractivity contribution in [1.82, 2.24) is 10.6 Å². The van der Waals surface area contributed by atoms with Gasteiger partial charge in [0.15, 0.2) is 5.60 Å². The second-order valence-electron chi connectivity index (χ2n) is 3.45. The van der Waals surface area contributed by atoms with Gasteiger partial charge in [0.1, 0.15) is 6.61 Å². The summed E-state index contributed by atoms with van der Waals surface area (Å²) in [4.78, 5) is 22.1. The minimum absolute atomic E-state index is 0.0138. The predicted molar refractivity (Wildman–Crippen MR) is 54.1 cm³/mol. The molecule has 1 atom stereocenters. The monoisotopic (exact) mass is 232 g/mol. The van der Waals surface area contributed by atoms with Crippen LogP contribution in [0.3, 0.4) is 0 Å². The normalized spacial score (nSPS) is 23.6. The predicted octanol–water partition coefficient (Wildman–Crippen LogP) is -0.143. The van der Waals surface area contributed by atoms with Crippen LogP contribution in [0.5, 0.6) is 0 Å². The maximum Gasteiger partial charge on any atom is 0.407 e. The highest BCUT2D eigenvalue weighted by Gasteiger charge is 2.40. The highest BCUT2D eigenvalue weighted by Crippen LogP contribution is 2.23. The van der Waals surface area contributed by atoms with E-state index < -0.39 is 17.8 Å². The van der Waals surface area contributed by atoms with Crippen molar-refractivity contribution in [2.75, 3.05) is 33.9 Å². The fraction of sp³-hybridized carbons (Fsp3) is 0.778. The van der Waals surface area contributed by atoms with Gasteiger partial charge >= 0.3 is 12.2 Å². The summed E-state index contributed by atoms with van der Waals surface area (Å²) < 4.78 is 15.2. The molecule has 0 saturated carbocycles. The molecule has 1 aliphatic rings. The van der Waals surface area contributed by atoms with Gasteiger partial charge < -0.3 is 24.8 Å². The lowest BCUT2D eigenvalue weighted by atomic mass is 10.1. The fourth-order valence-corrected chi connectivity index (χ4v) is 1.33. The van der Waals surface area contributed by atoms with Gasteiger partial charge in [-0.15, -0.1) is 0 Å². The number of nitrogens with one attached hydrogen (secondary N) is 2. The first-order valence-electron chi connectivity index (χ1n) is 4.95. The lowest BCUT2D eigenvalue weighted by Crippen LogP contribution is -2.44. The molecule has 0 radical (unpaired) electrons. The van der Waals surface area contributed by atoms with Crippen LogP contribution in [0.1, 0.15) is 6.42 Å². The first-order chi connectivity index (χ1) is 7.62. The molecule has 1 saturated heterocycles. The summed E-state index contributed by atoms with van der Waals surface area (Å²) >= 11 is 0. The largest absolute Gasteiger partial charge is 0.445 e. The molecule has 0 aromatic rings. The highest BCUT2D eigenvalue weighted by molar-refractivity contribution is 5.68. The maximum atomic E-state index is 11.1. The SMILES string of the molecule is CNC(=O)OCC1(OC(=O)NC)CCOC1. The van der Waals surface area contributed by atoms with E-state index in [1.54, 1.807) is 0 Å². The van der Waals surface area contributed by atoms with Crippen LogP contribution < -0.4 is 10.6 Å². The number of carbonyl (C=O) groups is 2. The molecule has 16 heavy (non-hydrogen) atoms. The van der Waals surface area contributed by atoms with Gasteiger partial charge in [0.05, 0.1) is 13.2 Å². The van der Waals surface area contributed by atoms with Crippen LogP contribution in [0.4, 0.5) is 9.59 Å². The Labute approximate surface area is 93.4 Å². The molecule has 2 N–H and O–H groups in total. The summed E-state index contributed by atoms with van der Waals surface area (Å²) in [5, 5.41) is 4.66. The Kier molecular flexibility index (Phi) is 4.36. The summed E-state index contributed by atoms with van der Waals surface area (Å²) in [6.45, 7) is 0.700. The van der Waals surface area contributed by atoms with E-state index in [4.69, 9.17) is 14.2 Å². The second-order valence-corrected chi connectivity index (χ2v) is 3.45. The number of carbonyl (C=O) groups excluding carboxylic acids is 2. The molecule has 1 unspecified atom stereocenters. The molecule has 0 bridgehead atoms. The van der Waals surface area contributed by atoms with Crippen molar-refractivity contribution in [2.24, 2.45) is 0 Å². The summed E-state index contributed by atoms with van der Waals surface area (Å²) in [6, 6.07) is 0. The third-order valence-electron chi connectivity index (χ3n) is 2.25. The minimum atomic E-state index is -0.868. The average molecular weight is 232 g/mol. The molecule has 2 amide bonds. The topological polar surface area (TPSA) is 85.9 Å². The maximum absolute atomic E-state index is 11.1. The van der Waals surface area contributed by atoms with Crippen LogP contribution in [-0.2, 0) is 14.2 Å². The Morgan fingerprint density at radius 2 is 2.00 bits per heavy atom. The van der Waals surface area contributed by atoms with Gasteiger partial charge in [-0.25, -0.2) is 9.59 Å². The van der Waals surface area contributed by atoms with Gasteiger partial charge in [0.2, 0.25) is 0 Å². The van der Waals surface area contributed by atoms with Crippen molar-refractivity contribution in [1.29, 1.82) is 0 Å². The minimum Gasteiger partial charge on any atom is -0.445 e. The van der Waals surface area contributed by atoms with E-state index in [9.17, 15) is 9.59 Å². The zero-order chi connectivity index (χ0) is 12.0. The van der Waals surface area contributed by atoms with Gasteiger partial charge in [-0.3, -0.25) is 0 Å². The summed E-state index contributed by atoms with van der Waals surface area (Å²) in [5.74, 6) is 0. The second kappa shape index (κ2) is 5.55. The number of ether oxygens (including phenoxy) is 3. The summed E-state index contributed by atoms with van der Waals surface area (Å²) in [5.41, 5.74) is -0.868. The molecule has 0 aromatic carbocycles. The van der Waals surface area contributed by atoms with E-state index in [1.807, 2.05) is 0 Å². The summed E-state index contributed by atoms with van der Waals surface area (Å²) in [6.07, 6.45) is -0.616. The number of hydrogen-bond donors (Lipinski definition) is 2. The van der Waals surface area contributed by atoms with Crippen molar-refractivity contribution in [2.45, 2.75) is 12.0 Å². The lowest BCUT2D eigenvalue weighted by Gasteiger charge is -2.26. The molecule has 0 spiro atoms. The molecule has 1 heterocycles. The zero-order valence-electron chi connectivity index (χ0n) is 9.37. The number of rotatable bonds is 3. The quantitative estimate of drug-likeness (QED) is 0.707. The van der Waals surface area contributed by atoms with Crippen molar-refractivity contribution in [3.05, 3.63) is 0 Å². The fourth-order valence-electron chi connectivity index (χ4n) is 1.33. The molecule has 1 aliphatic heterocycles. The molecular weight excluding hydrogens is 216 g/mol. The number of hydrogen-bond acceptors (Lipinski definition) is 5. The first kappa shape index (κ1) is 12.6. The van der Waals surface area contributed by atoms with Gasteiger partial charge in [-0.1, -0.05) is 0 Å². The Bertz CT molecular complexity index is 263. The van der Waals surface area contributed by atoms with Crippen LogP contribution >= 0.6 is 0 Å². The van der Waals surface area contributed by atoms with Crippen LogP contribution in [0.2, 0.25) is 0 Å². The van der Waals surface area contributed by atoms with Crippen LogP contribution in [0.15, 0.2) is 0 Å². The van der Waals surface area contributed by atoms with Gasteiger partial charge in [0, 0.05) is 20.5 Å². The van der Waals surface area contributed by atoms with E-state index in [2.05, 4.69) is 10.6 Å². The van der Waals surface area contributed by atoms with Crippen LogP contribution in [0, 0.1) is 0 Å². The van der Waals surface area contributed by atoms with Crippen LogP contribution in [0.25, 0.3) is 0 Å². The Hall–Kier alpha value is -1.50. The molecule has 92 valence electrons. The lowest BCUT2D eigenvalue weighted by molar-refractivity contribution is -0.0381. The van der Waals surface area contributed by atoms with Crippen molar-refractivity contribution in [3.63, 3.8) is 0 Å². The van der Waals surface area contributed by atoms with Gasteiger partial charge in [-0.2, -0.15) is 0 Å². The van der Waals surface area contributed by atoms with E-state index in [0.717, 1.165) is 0 Å². The molecule has 7 heteroatoms. The van der Waals surface area contributed by atoms with E-state index >= 15 is 0 Å². The van der Waals surface area contributed by atoms with Gasteiger partial charge in [0.25, 0.3) is 0 Å². The highest BCUT2D eigenvalue weighted by atomic mass is 16.6. The molecule has 1 rings (SSSR count). The van der Waals surface area contributed by atoms with Crippen LogP contribution in [-0.4, -0.2) is 51.7 Å². The standard InChI is InChI=1S/C9H16N2O5/c1-10-7(12)15-6-9(3-4-14-5-9)16-8(13)11-2/h3-6H2,1-2H3,(H,10,12)(H,11,13). The van der Waals surface area contributed by atoms with Crippen molar-refractivity contribution >= 4 is 12.2 Å². The smallest absolute Gasteiger partial charge is 0.407 e. The Morgan fingerprint density at radius 1 is 1.31 bits per heavy atom. The molecule has 0 aromatic heterocycles. The van der Waals surface area contributed by atoms with Crippen molar-refractivity contribution in [3.8, 4) is 0 Å². The Balaban J connectivity index is 2.51. The number of amides is 2. The number of alkyl carbamates (subject to hydrolysis) is 2. The third kappa shape index (κ3) is 3.27. The molecular formula is C9H16N2O5.